The van der Waals surface area contributed by atoms with E-state index in [2.05, 4.69) is 27.3 Å². The number of fused-ring (bicyclic) bond motifs is 1. The van der Waals surface area contributed by atoms with E-state index in [-0.39, 0.29) is 23.5 Å². The number of rotatable bonds is 3. The number of hydrogen-bond donors (Lipinski definition) is 2. The summed E-state index contributed by atoms with van der Waals surface area (Å²) in [7, 11) is 0. The summed E-state index contributed by atoms with van der Waals surface area (Å²) in [5.74, 6) is 1.64. The number of carbonyl (C=O) groups excluding carboxylic acids is 1. The summed E-state index contributed by atoms with van der Waals surface area (Å²) >= 11 is 0. The average molecular weight is 349 g/mol. The van der Waals surface area contributed by atoms with Crippen molar-refractivity contribution in [2.45, 2.75) is 31.7 Å². The van der Waals surface area contributed by atoms with Crippen LogP contribution in [0.1, 0.15) is 46.9 Å². The molecule has 1 aliphatic heterocycles. The lowest BCUT2D eigenvalue weighted by molar-refractivity contribution is 0.102. The molecule has 3 aromatic rings. The molecule has 0 spiro atoms. The number of benzene rings is 1. The van der Waals surface area contributed by atoms with E-state index in [0.717, 1.165) is 17.8 Å². The third-order valence-electron chi connectivity index (χ3n) is 4.68. The van der Waals surface area contributed by atoms with Gasteiger partial charge in [-0.05, 0) is 36.2 Å². The van der Waals surface area contributed by atoms with Crippen molar-refractivity contribution in [2.75, 3.05) is 5.32 Å². The number of hydrogen-bond acceptors (Lipinski definition) is 5. The van der Waals surface area contributed by atoms with Gasteiger partial charge in [-0.3, -0.25) is 15.1 Å². The normalized spacial score (nSPS) is 19.0. The number of phenolic OH excluding ortho intramolecular Hbond substituents is 1. The van der Waals surface area contributed by atoms with E-state index in [1.165, 1.54) is 0 Å². The average Bonchev–Trinajstić information content (AvgIpc) is 3.05. The summed E-state index contributed by atoms with van der Waals surface area (Å²) in [6.07, 6.45) is 4.06. The number of aromatic nitrogens is 4. The van der Waals surface area contributed by atoms with Gasteiger partial charge in [-0.2, -0.15) is 4.98 Å². The molecule has 0 saturated heterocycles. The Hall–Kier alpha value is -3.22. The van der Waals surface area contributed by atoms with Gasteiger partial charge in [-0.25, -0.2) is 4.68 Å². The topological polar surface area (TPSA) is 92.9 Å². The first-order chi connectivity index (χ1) is 12.6. The van der Waals surface area contributed by atoms with Crippen LogP contribution < -0.4 is 5.32 Å². The fourth-order valence-electron chi connectivity index (χ4n) is 3.42. The predicted octanol–water partition coefficient (Wildman–Crippen LogP) is 2.92. The molecule has 132 valence electrons. The molecule has 0 radical (unpaired) electrons. The third-order valence-corrected chi connectivity index (χ3v) is 4.68. The number of aromatic hydroxyl groups is 1. The summed E-state index contributed by atoms with van der Waals surface area (Å²) in [6, 6.07) is 10.6. The maximum atomic E-state index is 12.3. The fourth-order valence-corrected chi connectivity index (χ4v) is 3.42. The molecule has 2 unspecified atom stereocenters. The Bertz CT molecular complexity index is 938. The van der Waals surface area contributed by atoms with Crippen LogP contribution in [0.25, 0.3) is 0 Å². The minimum absolute atomic E-state index is 0.204. The zero-order valence-electron chi connectivity index (χ0n) is 14.3. The van der Waals surface area contributed by atoms with Crippen LogP contribution in [0, 0.1) is 0 Å². The van der Waals surface area contributed by atoms with E-state index in [9.17, 15) is 9.90 Å². The summed E-state index contributed by atoms with van der Waals surface area (Å²) in [6.45, 7) is 2.77. The molecular formula is C19H19N5O2. The van der Waals surface area contributed by atoms with Crippen LogP contribution in [0.15, 0.2) is 48.8 Å². The van der Waals surface area contributed by atoms with Crippen molar-refractivity contribution in [3.05, 3.63) is 65.7 Å². The molecule has 4 rings (SSSR count). The summed E-state index contributed by atoms with van der Waals surface area (Å²) in [5, 5.41) is 16.9. The van der Waals surface area contributed by atoms with Crippen LogP contribution in [-0.2, 0) is 6.54 Å². The van der Waals surface area contributed by atoms with Crippen LogP contribution in [0.2, 0.25) is 0 Å². The first-order valence-electron chi connectivity index (χ1n) is 8.55. The number of amides is 1. The first kappa shape index (κ1) is 16.3. The Balaban J connectivity index is 1.55. The lowest BCUT2D eigenvalue weighted by Gasteiger charge is -2.27. The number of carbonyl (C=O) groups is 1. The smallest absolute Gasteiger partial charge is 0.258 e. The molecule has 7 heteroatoms. The number of anilines is 1. The highest BCUT2D eigenvalue weighted by molar-refractivity contribution is 6.03. The van der Waals surface area contributed by atoms with Crippen molar-refractivity contribution < 1.29 is 9.90 Å². The highest BCUT2D eigenvalue weighted by atomic mass is 16.3. The third kappa shape index (κ3) is 3.15. The predicted molar refractivity (Wildman–Crippen MR) is 96.1 cm³/mol. The largest absolute Gasteiger partial charge is 0.508 e. The van der Waals surface area contributed by atoms with E-state index in [1.807, 2.05) is 16.8 Å². The second-order valence-electron chi connectivity index (χ2n) is 6.59. The highest BCUT2D eigenvalue weighted by Gasteiger charge is 2.29. The minimum Gasteiger partial charge on any atom is -0.508 e. The maximum absolute atomic E-state index is 12.3. The molecule has 7 nitrogen and oxygen atoms in total. The standard InChI is InChI=1S/C19H19N5O2/c1-12-9-15(14-3-2-4-16(25)10-14)11-24-17(12)21-19(23-24)22-18(26)13-5-7-20-8-6-13/h2-8,10,12,15,25H,9,11H2,1H3,(H,22,23,26). The molecule has 1 aliphatic rings. The van der Waals surface area contributed by atoms with Gasteiger partial charge in [0.2, 0.25) is 5.95 Å². The van der Waals surface area contributed by atoms with E-state index in [4.69, 9.17) is 0 Å². The Labute approximate surface area is 150 Å². The number of pyridine rings is 1. The summed E-state index contributed by atoms with van der Waals surface area (Å²) in [4.78, 5) is 20.7. The van der Waals surface area contributed by atoms with Crippen molar-refractivity contribution in [1.82, 2.24) is 19.7 Å². The Morgan fingerprint density at radius 3 is 2.85 bits per heavy atom. The molecule has 26 heavy (non-hydrogen) atoms. The van der Waals surface area contributed by atoms with Crippen molar-refractivity contribution in [3.63, 3.8) is 0 Å². The molecule has 0 bridgehead atoms. The van der Waals surface area contributed by atoms with Gasteiger partial charge in [0.15, 0.2) is 0 Å². The van der Waals surface area contributed by atoms with Gasteiger partial charge in [-0.15, -0.1) is 5.10 Å². The first-order valence-corrected chi connectivity index (χ1v) is 8.55. The second kappa shape index (κ2) is 6.59. The van der Waals surface area contributed by atoms with Gasteiger partial charge in [-0.1, -0.05) is 19.1 Å². The van der Waals surface area contributed by atoms with Crippen molar-refractivity contribution in [2.24, 2.45) is 0 Å². The monoisotopic (exact) mass is 349 g/mol. The SMILES string of the molecule is CC1CC(c2cccc(O)c2)Cn2nc(NC(=O)c3ccncc3)nc21. The fraction of sp³-hybridized carbons (Fsp3) is 0.263. The number of nitrogens with zero attached hydrogens (tertiary/aromatic N) is 4. The van der Waals surface area contributed by atoms with Gasteiger partial charge in [0.05, 0.1) is 0 Å². The van der Waals surface area contributed by atoms with Crippen molar-refractivity contribution in [1.29, 1.82) is 0 Å². The lowest BCUT2D eigenvalue weighted by atomic mass is 9.86. The quantitative estimate of drug-likeness (QED) is 0.758. The van der Waals surface area contributed by atoms with E-state index < -0.39 is 0 Å². The van der Waals surface area contributed by atoms with Gasteiger partial charge in [0, 0.05) is 36.3 Å². The van der Waals surface area contributed by atoms with Crippen LogP contribution in [0.4, 0.5) is 5.95 Å². The Kier molecular flexibility index (Phi) is 4.12. The van der Waals surface area contributed by atoms with Crippen LogP contribution in [0.3, 0.4) is 0 Å². The van der Waals surface area contributed by atoms with Crippen molar-refractivity contribution in [3.8, 4) is 5.75 Å². The van der Waals surface area contributed by atoms with Crippen LogP contribution >= 0.6 is 0 Å². The molecule has 2 aromatic heterocycles. The molecule has 0 aliphatic carbocycles. The van der Waals surface area contributed by atoms with Crippen LogP contribution in [0.5, 0.6) is 5.75 Å². The molecule has 0 fully saturated rings. The zero-order chi connectivity index (χ0) is 18.1. The zero-order valence-corrected chi connectivity index (χ0v) is 14.3. The van der Waals surface area contributed by atoms with Gasteiger partial charge in [0.25, 0.3) is 5.91 Å². The number of nitrogens with one attached hydrogen (secondary N) is 1. The number of phenols is 1. The molecule has 1 amide bonds. The Morgan fingerprint density at radius 1 is 1.27 bits per heavy atom. The van der Waals surface area contributed by atoms with Crippen LogP contribution in [-0.4, -0.2) is 30.8 Å². The maximum Gasteiger partial charge on any atom is 0.258 e. The molecule has 2 N–H and O–H groups in total. The van der Waals surface area contributed by atoms with E-state index in [0.29, 0.717) is 18.1 Å². The summed E-state index contributed by atoms with van der Waals surface area (Å²) in [5.41, 5.74) is 1.60. The molecular weight excluding hydrogens is 330 g/mol. The van der Waals surface area contributed by atoms with Gasteiger partial charge in [0.1, 0.15) is 11.6 Å². The summed E-state index contributed by atoms with van der Waals surface area (Å²) < 4.78 is 1.85. The van der Waals surface area contributed by atoms with Gasteiger partial charge >= 0.3 is 0 Å². The second-order valence-corrected chi connectivity index (χ2v) is 6.59. The van der Waals surface area contributed by atoms with E-state index >= 15 is 0 Å². The Morgan fingerprint density at radius 2 is 2.08 bits per heavy atom. The minimum atomic E-state index is -0.257. The van der Waals surface area contributed by atoms with E-state index in [1.54, 1.807) is 36.7 Å². The molecule has 2 atom stereocenters. The molecule has 0 saturated carbocycles. The van der Waals surface area contributed by atoms with Gasteiger partial charge < -0.3 is 5.11 Å². The molecule has 3 heterocycles. The van der Waals surface area contributed by atoms with Crippen molar-refractivity contribution >= 4 is 11.9 Å². The lowest BCUT2D eigenvalue weighted by Crippen LogP contribution is -2.22. The molecule has 1 aromatic carbocycles. The highest BCUT2D eigenvalue weighted by Crippen LogP contribution is 2.36.